The van der Waals surface area contributed by atoms with Crippen molar-refractivity contribution in [2.75, 3.05) is 13.1 Å². The zero-order valence-electron chi connectivity index (χ0n) is 11.0. The van der Waals surface area contributed by atoms with Gasteiger partial charge >= 0.3 is 12.1 Å². The van der Waals surface area contributed by atoms with Crippen molar-refractivity contribution in [2.24, 2.45) is 0 Å². The van der Waals surface area contributed by atoms with Gasteiger partial charge in [0.25, 0.3) is 5.91 Å². The molecule has 0 bridgehead atoms. The van der Waals surface area contributed by atoms with Gasteiger partial charge in [0.2, 0.25) is 0 Å². The lowest BCUT2D eigenvalue weighted by molar-refractivity contribution is -0.158. The predicted octanol–water partition coefficient (Wildman–Crippen LogP) is 3.67. The molecule has 2 nitrogen and oxygen atoms in total. The highest BCUT2D eigenvalue weighted by atomic mass is 19.4. The van der Waals surface area contributed by atoms with Crippen molar-refractivity contribution in [3.05, 3.63) is 35.4 Å². The molecule has 0 heterocycles. The first-order chi connectivity index (χ1) is 9.14. The molecule has 0 radical (unpaired) electrons. The van der Waals surface area contributed by atoms with Crippen molar-refractivity contribution in [1.82, 2.24) is 4.90 Å². The van der Waals surface area contributed by atoms with Crippen LogP contribution in [-0.4, -0.2) is 23.9 Å². The highest BCUT2D eigenvalue weighted by molar-refractivity contribution is 5.84. The van der Waals surface area contributed by atoms with Crippen LogP contribution in [0.25, 0.3) is 0 Å². The zero-order valence-corrected chi connectivity index (χ0v) is 11.0. The first-order valence-corrected chi connectivity index (χ1v) is 5.99. The molecule has 0 aromatic heterocycles. The number of carbonyl (C=O) groups excluding carboxylic acids is 1. The summed E-state index contributed by atoms with van der Waals surface area (Å²) in [5, 5.41) is 0. The third-order valence-electron chi connectivity index (χ3n) is 2.89. The SMILES string of the molecule is CCN(CC)C(=O)C(F)(F)c1ccc(C(F)(F)F)cc1. The van der Waals surface area contributed by atoms with Crippen LogP contribution in [0.3, 0.4) is 0 Å². The average Bonchev–Trinajstić information content (AvgIpc) is 2.39. The van der Waals surface area contributed by atoms with E-state index in [0.29, 0.717) is 24.3 Å². The van der Waals surface area contributed by atoms with Crippen molar-refractivity contribution >= 4 is 5.91 Å². The molecule has 112 valence electrons. The van der Waals surface area contributed by atoms with E-state index in [1.165, 1.54) is 0 Å². The van der Waals surface area contributed by atoms with Crippen LogP contribution < -0.4 is 0 Å². The Morgan fingerprint density at radius 2 is 1.35 bits per heavy atom. The fourth-order valence-corrected chi connectivity index (χ4v) is 1.70. The Hall–Kier alpha value is -1.66. The maximum Gasteiger partial charge on any atom is 0.416 e. The van der Waals surface area contributed by atoms with Gasteiger partial charge in [0, 0.05) is 18.7 Å². The van der Waals surface area contributed by atoms with Crippen LogP contribution in [0, 0.1) is 0 Å². The number of nitrogens with zero attached hydrogens (tertiary/aromatic N) is 1. The number of alkyl halides is 5. The second-order valence-electron chi connectivity index (χ2n) is 4.13. The molecule has 1 amide bonds. The van der Waals surface area contributed by atoms with Gasteiger partial charge in [0.15, 0.2) is 0 Å². The largest absolute Gasteiger partial charge is 0.416 e. The highest BCUT2D eigenvalue weighted by Crippen LogP contribution is 2.34. The van der Waals surface area contributed by atoms with E-state index < -0.39 is 29.1 Å². The van der Waals surface area contributed by atoms with E-state index in [4.69, 9.17) is 0 Å². The minimum atomic E-state index is -4.60. The first-order valence-electron chi connectivity index (χ1n) is 5.99. The number of hydrogen-bond donors (Lipinski definition) is 0. The van der Waals surface area contributed by atoms with E-state index >= 15 is 0 Å². The standard InChI is InChI=1S/C13H14F5NO/c1-3-19(4-2)11(20)12(14,15)9-5-7-10(8-6-9)13(16,17)18/h5-8H,3-4H2,1-2H3. The topological polar surface area (TPSA) is 20.3 Å². The number of benzene rings is 1. The van der Waals surface area contributed by atoms with Gasteiger partial charge in [-0.05, 0) is 26.0 Å². The Labute approximate surface area is 113 Å². The summed E-state index contributed by atoms with van der Waals surface area (Å²) in [7, 11) is 0. The van der Waals surface area contributed by atoms with Crippen LogP contribution in [0.15, 0.2) is 24.3 Å². The summed E-state index contributed by atoms with van der Waals surface area (Å²) in [6, 6.07) is 2.34. The molecule has 1 aromatic carbocycles. The summed E-state index contributed by atoms with van der Waals surface area (Å²) in [6.45, 7) is 3.30. The third kappa shape index (κ3) is 3.26. The van der Waals surface area contributed by atoms with Crippen molar-refractivity contribution in [3.63, 3.8) is 0 Å². The maximum atomic E-state index is 13.9. The first kappa shape index (κ1) is 16.4. The van der Waals surface area contributed by atoms with Gasteiger partial charge in [0.1, 0.15) is 0 Å². The number of carbonyl (C=O) groups is 1. The van der Waals surface area contributed by atoms with Gasteiger partial charge in [-0.25, -0.2) is 0 Å². The second-order valence-corrected chi connectivity index (χ2v) is 4.13. The molecule has 0 spiro atoms. The van der Waals surface area contributed by atoms with Crippen molar-refractivity contribution in [1.29, 1.82) is 0 Å². The number of likely N-dealkylation sites (N-methyl/N-ethyl adjacent to an activating group) is 1. The third-order valence-corrected chi connectivity index (χ3v) is 2.89. The average molecular weight is 295 g/mol. The van der Waals surface area contributed by atoms with Gasteiger partial charge in [-0.3, -0.25) is 4.79 Å². The predicted molar refractivity (Wildman–Crippen MR) is 63.3 cm³/mol. The molecule has 20 heavy (non-hydrogen) atoms. The van der Waals surface area contributed by atoms with Crippen LogP contribution >= 0.6 is 0 Å². The van der Waals surface area contributed by atoms with E-state index in [0.717, 1.165) is 4.90 Å². The fraction of sp³-hybridized carbons (Fsp3) is 0.462. The van der Waals surface area contributed by atoms with Crippen LogP contribution in [-0.2, 0) is 16.9 Å². The van der Waals surface area contributed by atoms with E-state index in [1.807, 2.05) is 0 Å². The molecule has 0 aliphatic heterocycles. The van der Waals surface area contributed by atoms with Crippen LogP contribution in [0.2, 0.25) is 0 Å². The number of halogens is 5. The van der Waals surface area contributed by atoms with E-state index in [-0.39, 0.29) is 13.1 Å². The van der Waals surface area contributed by atoms with Crippen LogP contribution in [0.5, 0.6) is 0 Å². The molecular formula is C13H14F5NO. The van der Waals surface area contributed by atoms with E-state index in [1.54, 1.807) is 13.8 Å². The zero-order chi connectivity index (χ0) is 15.6. The molecule has 0 aliphatic rings. The van der Waals surface area contributed by atoms with E-state index in [2.05, 4.69) is 0 Å². The molecule has 1 aromatic rings. The lowest BCUT2D eigenvalue weighted by Gasteiger charge is -2.25. The molecule has 1 rings (SSSR count). The van der Waals surface area contributed by atoms with Crippen molar-refractivity contribution < 1.29 is 26.7 Å². The van der Waals surface area contributed by atoms with Gasteiger partial charge < -0.3 is 4.90 Å². The number of rotatable bonds is 4. The van der Waals surface area contributed by atoms with Crippen molar-refractivity contribution in [3.8, 4) is 0 Å². The van der Waals surface area contributed by atoms with Gasteiger partial charge in [-0.2, -0.15) is 22.0 Å². The normalized spacial score (nSPS) is 12.3. The summed E-state index contributed by atoms with van der Waals surface area (Å²) in [6.07, 6.45) is -4.60. The quantitative estimate of drug-likeness (QED) is 0.776. The molecule has 0 aliphatic carbocycles. The van der Waals surface area contributed by atoms with E-state index in [9.17, 15) is 26.7 Å². The van der Waals surface area contributed by atoms with Gasteiger partial charge in [-0.15, -0.1) is 0 Å². The molecule has 0 atom stereocenters. The van der Waals surface area contributed by atoms with Crippen LogP contribution in [0.4, 0.5) is 22.0 Å². The Morgan fingerprint density at radius 1 is 0.950 bits per heavy atom. The minimum absolute atomic E-state index is 0.103. The fourth-order valence-electron chi connectivity index (χ4n) is 1.70. The Kier molecular flexibility index (Phi) is 4.73. The highest BCUT2D eigenvalue weighted by Gasteiger charge is 2.43. The van der Waals surface area contributed by atoms with Crippen LogP contribution in [0.1, 0.15) is 25.0 Å². The molecule has 0 saturated heterocycles. The summed E-state index contributed by atoms with van der Waals surface area (Å²) in [5.41, 5.74) is -1.78. The summed E-state index contributed by atoms with van der Waals surface area (Å²) in [5.74, 6) is -5.25. The smallest absolute Gasteiger partial charge is 0.338 e. The molecule has 0 fully saturated rings. The summed E-state index contributed by atoms with van der Waals surface area (Å²) < 4.78 is 64.9. The lowest BCUT2D eigenvalue weighted by atomic mass is 10.0. The summed E-state index contributed by atoms with van der Waals surface area (Å²) >= 11 is 0. The summed E-state index contributed by atoms with van der Waals surface area (Å²) in [4.78, 5) is 12.6. The monoisotopic (exact) mass is 295 g/mol. The van der Waals surface area contributed by atoms with Gasteiger partial charge in [-0.1, -0.05) is 12.1 Å². The molecule has 0 unspecified atom stereocenters. The number of hydrogen-bond acceptors (Lipinski definition) is 1. The second kappa shape index (κ2) is 5.76. The minimum Gasteiger partial charge on any atom is -0.338 e. The Bertz CT molecular complexity index is 463. The number of amides is 1. The Balaban J connectivity index is 3.07. The van der Waals surface area contributed by atoms with Gasteiger partial charge in [0.05, 0.1) is 5.56 Å². The van der Waals surface area contributed by atoms with Crippen molar-refractivity contribution in [2.45, 2.75) is 25.9 Å². The Morgan fingerprint density at radius 3 is 1.70 bits per heavy atom. The maximum absolute atomic E-state index is 13.9. The lowest BCUT2D eigenvalue weighted by Crippen LogP contribution is -2.41. The molecule has 7 heteroatoms. The molecule has 0 saturated carbocycles. The molecule has 0 N–H and O–H groups in total. The molecular weight excluding hydrogens is 281 g/mol.